The molecule has 2 aliphatic heterocycles. The first-order valence-electron chi connectivity index (χ1n) is 10.5. The van der Waals surface area contributed by atoms with E-state index < -0.39 is 29.4 Å². The van der Waals surface area contributed by atoms with Crippen molar-refractivity contribution in [3.63, 3.8) is 0 Å². The number of ether oxygens (including phenoxy) is 1. The van der Waals surface area contributed by atoms with Crippen molar-refractivity contribution < 1.29 is 24.2 Å². The number of hydrogen-bond donors (Lipinski definition) is 1. The Hall–Kier alpha value is -4.10. The number of fused-ring (bicyclic) bond motifs is 2. The van der Waals surface area contributed by atoms with Crippen molar-refractivity contribution in [3.8, 4) is 0 Å². The molecule has 7 nitrogen and oxygen atoms in total. The van der Waals surface area contributed by atoms with Gasteiger partial charge in [0.25, 0.3) is 11.8 Å². The molecule has 2 atom stereocenters. The molecule has 33 heavy (non-hydrogen) atoms. The van der Waals surface area contributed by atoms with Gasteiger partial charge in [0.15, 0.2) is 0 Å². The number of rotatable bonds is 5. The zero-order valence-corrected chi connectivity index (χ0v) is 17.8. The number of aliphatic imine (C=N–C) groups is 1. The summed E-state index contributed by atoms with van der Waals surface area (Å²) < 4.78 is 4.97. The summed E-state index contributed by atoms with van der Waals surface area (Å²) in [6.07, 6.45) is -0.296. The average Bonchev–Trinajstić information content (AvgIpc) is 3.29. The number of carbonyl (C=O) groups is 3. The molecule has 2 heterocycles. The van der Waals surface area contributed by atoms with Crippen LogP contribution < -0.4 is 0 Å². The Morgan fingerprint density at radius 1 is 0.939 bits per heavy atom. The highest BCUT2D eigenvalue weighted by atomic mass is 16.5. The van der Waals surface area contributed by atoms with Gasteiger partial charge in [0.05, 0.1) is 29.6 Å². The number of benzene rings is 3. The molecule has 2 aliphatic rings. The van der Waals surface area contributed by atoms with Crippen LogP contribution in [0.5, 0.6) is 0 Å². The molecule has 0 saturated carbocycles. The van der Waals surface area contributed by atoms with Crippen molar-refractivity contribution in [3.05, 3.63) is 101 Å². The molecule has 5 rings (SSSR count). The van der Waals surface area contributed by atoms with Gasteiger partial charge in [-0.05, 0) is 23.8 Å². The largest absolute Gasteiger partial charge is 0.467 e. The van der Waals surface area contributed by atoms with Gasteiger partial charge >= 0.3 is 5.97 Å². The SMILES string of the molecule is COC(=O)[C@H](C[C@@]1(O)C(c2ccccc2)=Nc2ccccc21)N1C(=O)c2ccccc2C1=O. The number of amides is 2. The summed E-state index contributed by atoms with van der Waals surface area (Å²) in [6.45, 7) is 0. The maximum Gasteiger partial charge on any atom is 0.329 e. The molecular weight excluding hydrogens is 420 g/mol. The van der Waals surface area contributed by atoms with Crippen LogP contribution in [-0.2, 0) is 15.1 Å². The number of aliphatic hydroxyl groups is 1. The maximum atomic E-state index is 13.1. The minimum Gasteiger partial charge on any atom is -0.467 e. The molecule has 0 spiro atoms. The smallest absolute Gasteiger partial charge is 0.329 e. The summed E-state index contributed by atoms with van der Waals surface area (Å²) >= 11 is 0. The van der Waals surface area contributed by atoms with Crippen LogP contribution in [0.3, 0.4) is 0 Å². The Morgan fingerprint density at radius 3 is 2.15 bits per heavy atom. The number of esters is 1. The predicted molar refractivity (Wildman–Crippen MR) is 120 cm³/mol. The molecular formula is C26H20N2O5. The van der Waals surface area contributed by atoms with Crippen LogP contribution in [0.15, 0.2) is 83.9 Å². The van der Waals surface area contributed by atoms with Crippen molar-refractivity contribution in [1.29, 1.82) is 0 Å². The molecule has 0 saturated heterocycles. The summed E-state index contributed by atoms with van der Waals surface area (Å²) in [5.74, 6) is -1.99. The van der Waals surface area contributed by atoms with Crippen LogP contribution in [0.1, 0.15) is 38.3 Å². The predicted octanol–water partition coefficient (Wildman–Crippen LogP) is 3.24. The molecule has 164 valence electrons. The second-order valence-electron chi connectivity index (χ2n) is 7.97. The fourth-order valence-corrected chi connectivity index (χ4v) is 4.55. The highest BCUT2D eigenvalue weighted by Gasteiger charge is 2.51. The molecule has 1 N–H and O–H groups in total. The van der Waals surface area contributed by atoms with Crippen molar-refractivity contribution >= 4 is 29.2 Å². The lowest BCUT2D eigenvalue weighted by molar-refractivity contribution is -0.146. The molecule has 2 amide bonds. The molecule has 3 aromatic carbocycles. The Labute approximate surface area is 190 Å². The van der Waals surface area contributed by atoms with Gasteiger partial charge < -0.3 is 9.84 Å². The van der Waals surface area contributed by atoms with E-state index >= 15 is 0 Å². The summed E-state index contributed by atoms with van der Waals surface area (Å²) in [5.41, 5.74) is 0.766. The fraction of sp³-hybridized carbons (Fsp3) is 0.154. The first-order valence-corrected chi connectivity index (χ1v) is 10.5. The van der Waals surface area contributed by atoms with E-state index in [0.717, 1.165) is 4.90 Å². The highest BCUT2D eigenvalue weighted by molar-refractivity contribution is 6.23. The first-order chi connectivity index (χ1) is 16.0. The number of methoxy groups -OCH3 is 1. The van der Waals surface area contributed by atoms with Crippen molar-refractivity contribution in [1.82, 2.24) is 4.90 Å². The van der Waals surface area contributed by atoms with Gasteiger partial charge in [-0.25, -0.2) is 9.79 Å². The number of hydrogen-bond acceptors (Lipinski definition) is 6. The highest BCUT2D eigenvalue weighted by Crippen LogP contribution is 2.44. The molecule has 0 aliphatic carbocycles. The minimum absolute atomic E-state index is 0.215. The first kappa shape index (κ1) is 20.8. The maximum absolute atomic E-state index is 13.1. The fourth-order valence-electron chi connectivity index (χ4n) is 4.55. The Bertz CT molecular complexity index is 1280. The van der Waals surface area contributed by atoms with Gasteiger partial charge in [-0.1, -0.05) is 60.7 Å². The molecule has 0 unspecified atom stereocenters. The minimum atomic E-state index is -1.73. The van der Waals surface area contributed by atoms with E-state index in [9.17, 15) is 19.5 Å². The zero-order valence-electron chi connectivity index (χ0n) is 17.8. The Balaban J connectivity index is 1.61. The number of imide groups is 1. The Kier molecular flexibility index (Phi) is 4.91. The number of nitrogens with zero attached hydrogens (tertiary/aromatic N) is 2. The molecule has 7 heteroatoms. The van der Waals surface area contributed by atoms with E-state index in [1.165, 1.54) is 7.11 Å². The third kappa shape index (κ3) is 3.16. The van der Waals surface area contributed by atoms with E-state index in [2.05, 4.69) is 4.99 Å². The molecule has 0 bridgehead atoms. The van der Waals surface area contributed by atoms with Gasteiger partial charge in [-0.2, -0.15) is 0 Å². The van der Waals surface area contributed by atoms with E-state index in [1.54, 1.807) is 48.5 Å². The zero-order chi connectivity index (χ0) is 23.2. The quantitative estimate of drug-likeness (QED) is 0.485. The van der Waals surface area contributed by atoms with Gasteiger partial charge in [0.2, 0.25) is 0 Å². The summed E-state index contributed by atoms with van der Waals surface area (Å²) in [5, 5.41) is 12.0. The third-order valence-electron chi connectivity index (χ3n) is 6.12. The van der Waals surface area contributed by atoms with E-state index in [1.807, 2.05) is 30.3 Å². The van der Waals surface area contributed by atoms with Crippen LogP contribution in [0, 0.1) is 0 Å². The van der Waals surface area contributed by atoms with Gasteiger partial charge in [0, 0.05) is 12.0 Å². The molecule has 0 radical (unpaired) electrons. The van der Waals surface area contributed by atoms with Crippen LogP contribution >= 0.6 is 0 Å². The van der Waals surface area contributed by atoms with E-state index in [4.69, 9.17) is 4.74 Å². The monoisotopic (exact) mass is 440 g/mol. The molecule has 0 fully saturated rings. The number of carbonyl (C=O) groups excluding carboxylic acids is 3. The summed E-state index contributed by atoms with van der Waals surface area (Å²) in [4.78, 5) is 44.7. The lowest BCUT2D eigenvalue weighted by Crippen LogP contribution is -2.50. The standard InChI is InChI=1S/C26H20N2O5/c1-33-25(31)21(28-23(29)17-11-5-6-12-18(17)24(28)30)15-26(32)19-13-7-8-14-20(19)27-22(26)16-9-3-2-4-10-16/h2-14,21,32H,15H2,1H3/t21-,26-/m0/s1. The molecule has 0 aromatic heterocycles. The van der Waals surface area contributed by atoms with Gasteiger partial charge in [0.1, 0.15) is 11.6 Å². The number of para-hydroxylation sites is 1. The van der Waals surface area contributed by atoms with E-state index in [0.29, 0.717) is 22.5 Å². The summed E-state index contributed by atoms with van der Waals surface area (Å²) in [7, 11) is 1.19. The molecule has 3 aromatic rings. The van der Waals surface area contributed by atoms with E-state index in [-0.39, 0.29) is 17.5 Å². The van der Waals surface area contributed by atoms with Crippen LogP contribution in [0.2, 0.25) is 0 Å². The van der Waals surface area contributed by atoms with Crippen LogP contribution in [-0.4, -0.2) is 46.7 Å². The second kappa shape index (κ2) is 7.79. The van der Waals surface area contributed by atoms with Gasteiger partial charge in [-0.3, -0.25) is 14.5 Å². The van der Waals surface area contributed by atoms with Crippen molar-refractivity contribution in [2.45, 2.75) is 18.1 Å². The summed E-state index contributed by atoms with van der Waals surface area (Å²) in [6, 6.07) is 21.2. The normalized spacial score (nSPS) is 19.7. The average molecular weight is 440 g/mol. The lowest BCUT2D eigenvalue weighted by Gasteiger charge is -2.33. The lowest BCUT2D eigenvalue weighted by atomic mass is 9.81. The topological polar surface area (TPSA) is 96.3 Å². The van der Waals surface area contributed by atoms with Crippen LogP contribution in [0.25, 0.3) is 0 Å². The third-order valence-corrected chi connectivity index (χ3v) is 6.12. The van der Waals surface area contributed by atoms with Crippen molar-refractivity contribution in [2.75, 3.05) is 7.11 Å². The second-order valence-corrected chi connectivity index (χ2v) is 7.97. The van der Waals surface area contributed by atoms with Crippen molar-refractivity contribution in [2.24, 2.45) is 4.99 Å². The Morgan fingerprint density at radius 2 is 1.52 bits per heavy atom. The van der Waals surface area contributed by atoms with Gasteiger partial charge in [-0.15, -0.1) is 0 Å². The van der Waals surface area contributed by atoms with Crippen LogP contribution in [0.4, 0.5) is 5.69 Å².